The molecule has 0 saturated carbocycles. The van der Waals surface area contributed by atoms with Crippen LogP contribution in [-0.4, -0.2) is 15.4 Å². The highest BCUT2D eigenvalue weighted by atomic mass is 32.1. The number of benzene rings is 2. The minimum atomic E-state index is 0.490. The Morgan fingerprint density at radius 2 is 1.91 bits per heavy atom. The average molecular weight is 319 g/mol. The van der Waals surface area contributed by atoms with Gasteiger partial charge in [0.15, 0.2) is 4.96 Å². The standard InChI is InChI=1S/C19H17N3S/c1-2-6-13(7-3-1)10-14-11-17-18(12-20-14)23-19-21-15-8-4-5-9-16(15)22(17)19/h1-9,14,20H,10-12H2. The van der Waals surface area contributed by atoms with E-state index in [1.165, 1.54) is 21.7 Å². The lowest BCUT2D eigenvalue weighted by Crippen LogP contribution is -2.37. The summed E-state index contributed by atoms with van der Waals surface area (Å²) in [7, 11) is 0. The van der Waals surface area contributed by atoms with Crippen LogP contribution in [0.4, 0.5) is 0 Å². The van der Waals surface area contributed by atoms with Crippen molar-refractivity contribution < 1.29 is 0 Å². The monoisotopic (exact) mass is 319 g/mol. The predicted octanol–water partition coefficient (Wildman–Crippen LogP) is 3.81. The molecule has 23 heavy (non-hydrogen) atoms. The molecular formula is C19H17N3S. The molecule has 0 amide bonds. The van der Waals surface area contributed by atoms with Gasteiger partial charge in [0.25, 0.3) is 0 Å². The molecule has 1 atom stereocenters. The molecule has 114 valence electrons. The summed E-state index contributed by atoms with van der Waals surface area (Å²) in [6.45, 7) is 0.954. The van der Waals surface area contributed by atoms with Crippen LogP contribution >= 0.6 is 11.3 Å². The van der Waals surface area contributed by atoms with E-state index in [0.717, 1.165) is 29.9 Å². The molecule has 3 heterocycles. The van der Waals surface area contributed by atoms with Crippen molar-refractivity contribution >= 4 is 27.3 Å². The van der Waals surface area contributed by atoms with Gasteiger partial charge >= 0.3 is 0 Å². The van der Waals surface area contributed by atoms with E-state index in [4.69, 9.17) is 4.98 Å². The Balaban J connectivity index is 1.55. The third-order valence-corrected chi connectivity index (χ3v) is 5.74. The fourth-order valence-corrected chi connectivity index (χ4v) is 4.67. The normalized spacial score (nSPS) is 17.7. The number of aromatic nitrogens is 2. The van der Waals surface area contributed by atoms with Crippen LogP contribution in [0.3, 0.4) is 0 Å². The zero-order valence-electron chi connectivity index (χ0n) is 12.7. The lowest BCUT2D eigenvalue weighted by molar-refractivity contribution is 0.474. The van der Waals surface area contributed by atoms with E-state index in [1.807, 2.05) is 11.3 Å². The number of rotatable bonds is 2. The number of nitrogens with one attached hydrogen (secondary N) is 1. The van der Waals surface area contributed by atoms with Gasteiger partial charge in [0.05, 0.1) is 11.0 Å². The highest BCUT2D eigenvalue weighted by Crippen LogP contribution is 2.31. The Hall–Kier alpha value is -2.17. The van der Waals surface area contributed by atoms with Crippen LogP contribution in [0.15, 0.2) is 54.6 Å². The molecule has 1 aliphatic rings. The van der Waals surface area contributed by atoms with Crippen LogP contribution < -0.4 is 5.32 Å². The summed E-state index contributed by atoms with van der Waals surface area (Å²) in [5, 5.41) is 3.69. The number of hydrogen-bond donors (Lipinski definition) is 1. The maximum Gasteiger partial charge on any atom is 0.195 e. The zero-order chi connectivity index (χ0) is 15.2. The Morgan fingerprint density at radius 3 is 2.83 bits per heavy atom. The second kappa shape index (κ2) is 5.18. The van der Waals surface area contributed by atoms with Crippen molar-refractivity contribution in [2.75, 3.05) is 0 Å². The Morgan fingerprint density at radius 1 is 1.09 bits per heavy atom. The number of nitrogens with zero attached hydrogens (tertiary/aromatic N) is 2. The minimum absolute atomic E-state index is 0.490. The molecule has 0 aliphatic carbocycles. The van der Waals surface area contributed by atoms with E-state index in [1.54, 1.807) is 0 Å². The highest BCUT2D eigenvalue weighted by molar-refractivity contribution is 7.17. The zero-order valence-corrected chi connectivity index (χ0v) is 13.5. The van der Waals surface area contributed by atoms with Crippen LogP contribution in [0.5, 0.6) is 0 Å². The van der Waals surface area contributed by atoms with Crippen molar-refractivity contribution in [1.29, 1.82) is 0 Å². The third kappa shape index (κ3) is 2.18. The predicted molar refractivity (Wildman–Crippen MR) is 95.1 cm³/mol. The number of thiazole rings is 1. The molecule has 1 unspecified atom stereocenters. The molecule has 0 bridgehead atoms. The van der Waals surface area contributed by atoms with Crippen molar-refractivity contribution in [2.24, 2.45) is 0 Å². The van der Waals surface area contributed by atoms with E-state index in [9.17, 15) is 0 Å². The summed E-state index contributed by atoms with van der Waals surface area (Å²) < 4.78 is 2.37. The SMILES string of the molecule is c1ccc(CC2Cc3c(sc4nc5ccccc5n34)CN2)cc1. The van der Waals surface area contributed by atoms with Gasteiger partial charge < -0.3 is 5.32 Å². The lowest BCUT2D eigenvalue weighted by Gasteiger charge is -2.24. The van der Waals surface area contributed by atoms with Crippen LogP contribution in [0.2, 0.25) is 0 Å². The van der Waals surface area contributed by atoms with Crippen molar-refractivity contribution in [3.05, 3.63) is 70.7 Å². The smallest absolute Gasteiger partial charge is 0.195 e. The Labute approximate surface area is 138 Å². The first-order valence-electron chi connectivity index (χ1n) is 8.03. The van der Waals surface area contributed by atoms with Gasteiger partial charge in [-0.25, -0.2) is 4.98 Å². The number of imidazole rings is 1. The Bertz CT molecular complexity index is 984. The molecule has 2 aromatic heterocycles. The molecule has 3 nitrogen and oxygen atoms in total. The summed E-state index contributed by atoms with van der Waals surface area (Å²) in [6.07, 6.45) is 2.13. The van der Waals surface area contributed by atoms with Gasteiger partial charge in [-0.15, -0.1) is 0 Å². The van der Waals surface area contributed by atoms with Gasteiger partial charge in [0.1, 0.15) is 0 Å². The summed E-state index contributed by atoms with van der Waals surface area (Å²) in [4.78, 5) is 7.34. The number of hydrogen-bond acceptors (Lipinski definition) is 3. The second-order valence-electron chi connectivity index (χ2n) is 6.16. The molecule has 0 spiro atoms. The van der Waals surface area contributed by atoms with Gasteiger partial charge in [0.2, 0.25) is 0 Å². The first-order chi connectivity index (χ1) is 11.4. The van der Waals surface area contributed by atoms with Gasteiger partial charge in [-0.1, -0.05) is 53.8 Å². The maximum absolute atomic E-state index is 4.78. The lowest BCUT2D eigenvalue weighted by atomic mass is 9.98. The molecule has 1 aliphatic heterocycles. The summed E-state index contributed by atoms with van der Waals surface area (Å²) in [6, 6.07) is 19.7. The van der Waals surface area contributed by atoms with Crippen molar-refractivity contribution in [1.82, 2.24) is 14.7 Å². The quantitative estimate of drug-likeness (QED) is 0.609. The molecule has 0 radical (unpaired) electrons. The fraction of sp³-hybridized carbons (Fsp3) is 0.211. The molecule has 4 aromatic rings. The van der Waals surface area contributed by atoms with Crippen LogP contribution in [0.1, 0.15) is 16.1 Å². The fourth-order valence-electron chi connectivity index (χ4n) is 3.56. The third-order valence-electron chi connectivity index (χ3n) is 4.65. The van der Waals surface area contributed by atoms with Crippen LogP contribution in [-0.2, 0) is 19.4 Å². The van der Waals surface area contributed by atoms with Gasteiger partial charge in [-0.05, 0) is 24.1 Å². The van der Waals surface area contributed by atoms with E-state index in [0.29, 0.717) is 6.04 Å². The maximum atomic E-state index is 4.78. The summed E-state index contributed by atoms with van der Waals surface area (Å²) >= 11 is 1.82. The van der Waals surface area contributed by atoms with Crippen molar-refractivity contribution in [3.8, 4) is 0 Å². The summed E-state index contributed by atoms with van der Waals surface area (Å²) in [5.74, 6) is 0. The number of fused-ring (bicyclic) bond motifs is 5. The number of para-hydroxylation sites is 2. The molecule has 4 heteroatoms. The first kappa shape index (κ1) is 13.3. The summed E-state index contributed by atoms with van der Waals surface area (Å²) in [5.41, 5.74) is 5.17. The largest absolute Gasteiger partial charge is 0.308 e. The Kier molecular flexibility index (Phi) is 2.99. The van der Waals surface area contributed by atoms with Gasteiger partial charge in [-0.3, -0.25) is 4.40 Å². The topological polar surface area (TPSA) is 29.3 Å². The molecule has 0 fully saturated rings. The molecule has 1 N–H and O–H groups in total. The van der Waals surface area contributed by atoms with E-state index < -0.39 is 0 Å². The van der Waals surface area contributed by atoms with Crippen LogP contribution in [0, 0.1) is 0 Å². The van der Waals surface area contributed by atoms with Crippen molar-refractivity contribution in [2.45, 2.75) is 25.4 Å². The van der Waals surface area contributed by atoms with E-state index >= 15 is 0 Å². The van der Waals surface area contributed by atoms with Crippen LogP contribution in [0.25, 0.3) is 16.0 Å². The van der Waals surface area contributed by atoms with E-state index in [2.05, 4.69) is 64.3 Å². The minimum Gasteiger partial charge on any atom is -0.308 e. The van der Waals surface area contributed by atoms with Crippen molar-refractivity contribution in [3.63, 3.8) is 0 Å². The van der Waals surface area contributed by atoms with Gasteiger partial charge in [0, 0.05) is 29.6 Å². The molecule has 5 rings (SSSR count). The molecule has 2 aromatic carbocycles. The molecular weight excluding hydrogens is 302 g/mol. The van der Waals surface area contributed by atoms with Gasteiger partial charge in [-0.2, -0.15) is 0 Å². The van der Waals surface area contributed by atoms with E-state index in [-0.39, 0.29) is 0 Å². The second-order valence-corrected chi connectivity index (χ2v) is 7.22. The molecule has 0 saturated heterocycles. The first-order valence-corrected chi connectivity index (χ1v) is 8.85. The highest BCUT2D eigenvalue weighted by Gasteiger charge is 2.24. The average Bonchev–Trinajstić information content (AvgIpc) is 3.11.